The lowest BCUT2D eigenvalue weighted by molar-refractivity contribution is -0.153. The second kappa shape index (κ2) is 10.2. The van der Waals surface area contributed by atoms with E-state index in [1.54, 1.807) is 12.1 Å². The molecule has 0 atom stereocenters. The molecule has 190 valence electrons. The van der Waals surface area contributed by atoms with Crippen LogP contribution in [0.4, 0.5) is 4.39 Å². The lowest BCUT2D eigenvalue weighted by atomic mass is 10.2. The summed E-state index contributed by atoms with van der Waals surface area (Å²) < 4.78 is 46.1. The maximum absolute atomic E-state index is 13.4. The van der Waals surface area contributed by atoms with E-state index in [2.05, 4.69) is 4.98 Å². The van der Waals surface area contributed by atoms with Gasteiger partial charge in [-0.15, -0.1) is 0 Å². The largest absolute Gasteiger partial charge is 0.454 e. The predicted octanol–water partition coefficient (Wildman–Crippen LogP) is 0.559. The molecule has 14 heteroatoms. The summed E-state index contributed by atoms with van der Waals surface area (Å²) >= 11 is 5.69. The van der Waals surface area contributed by atoms with Crippen molar-refractivity contribution in [1.82, 2.24) is 18.8 Å². The van der Waals surface area contributed by atoms with Crippen LogP contribution in [0.25, 0.3) is 10.9 Å². The molecular formula is C22H20ClFN4O7S. The van der Waals surface area contributed by atoms with Gasteiger partial charge in [0.2, 0.25) is 10.0 Å². The van der Waals surface area contributed by atoms with Crippen molar-refractivity contribution in [3.63, 3.8) is 0 Å². The van der Waals surface area contributed by atoms with Gasteiger partial charge in [-0.1, -0.05) is 23.7 Å². The molecule has 0 aliphatic carbocycles. The summed E-state index contributed by atoms with van der Waals surface area (Å²) in [6.07, 6.45) is 0. The van der Waals surface area contributed by atoms with Crippen LogP contribution in [0.3, 0.4) is 0 Å². The summed E-state index contributed by atoms with van der Waals surface area (Å²) in [5.41, 5.74) is -1.13. The fraction of sp³-hybridized carbons (Fsp3) is 0.273. The maximum atomic E-state index is 13.4. The van der Waals surface area contributed by atoms with E-state index in [9.17, 15) is 32.0 Å². The van der Waals surface area contributed by atoms with Crippen LogP contribution in [0.2, 0.25) is 5.02 Å². The van der Waals surface area contributed by atoms with E-state index in [1.165, 1.54) is 17.0 Å². The van der Waals surface area contributed by atoms with Gasteiger partial charge in [0.25, 0.3) is 11.5 Å². The van der Waals surface area contributed by atoms with Crippen molar-refractivity contribution in [2.75, 3.05) is 32.8 Å². The maximum Gasteiger partial charge on any atom is 0.329 e. The molecule has 0 bridgehead atoms. The second-order valence-electron chi connectivity index (χ2n) is 7.88. The number of amides is 1. The van der Waals surface area contributed by atoms with E-state index in [0.29, 0.717) is 0 Å². The standard InChI is InChI=1S/C22H20ClFN4O7S/c23-16-11-14(5-6-17(16)24)36(33,34)27-9-7-26(8-10-27)19(29)13-35-20(30)12-28-18-4-2-1-3-15(18)21(31)25-22(28)32/h1-6,11H,7-10,12-13H2,(H,25,31,32). The average Bonchev–Trinajstić information content (AvgIpc) is 2.86. The molecule has 3 aromatic rings. The highest BCUT2D eigenvalue weighted by molar-refractivity contribution is 7.89. The van der Waals surface area contributed by atoms with E-state index >= 15 is 0 Å². The summed E-state index contributed by atoms with van der Waals surface area (Å²) in [7, 11) is -3.93. The Morgan fingerprint density at radius 2 is 1.75 bits per heavy atom. The summed E-state index contributed by atoms with van der Waals surface area (Å²) in [5.74, 6) is -2.14. The Morgan fingerprint density at radius 1 is 1.06 bits per heavy atom. The van der Waals surface area contributed by atoms with Gasteiger partial charge in [-0.2, -0.15) is 4.31 Å². The Hall–Kier alpha value is -3.55. The zero-order valence-corrected chi connectivity index (χ0v) is 20.2. The first kappa shape index (κ1) is 25.5. The van der Waals surface area contributed by atoms with Crippen LogP contribution in [0.1, 0.15) is 0 Å². The Kier molecular flexibility index (Phi) is 7.24. The van der Waals surface area contributed by atoms with E-state index in [-0.39, 0.29) is 47.0 Å². The molecule has 0 saturated carbocycles. The topological polar surface area (TPSA) is 139 Å². The van der Waals surface area contributed by atoms with Gasteiger partial charge in [0.05, 0.1) is 20.8 Å². The third kappa shape index (κ3) is 5.17. The minimum absolute atomic E-state index is 0.0181. The Bertz CT molecular complexity index is 1560. The first-order valence-electron chi connectivity index (χ1n) is 10.7. The molecule has 0 radical (unpaired) electrons. The van der Waals surface area contributed by atoms with Gasteiger partial charge in [-0.25, -0.2) is 17.6 Å². The number of hydrogen-bond donors (Lipinski definition) is 1. The summed E-state index contributed by atoms with van der Waals surface area (Å²) in [6.45, 7) is -1.06. The van der Waals surface area contributed by atoms with Gasteiger partial charge in [0.1, 0.15) is 12.4 Å². The lowest BCUT2D eigenvalue weighted by Gasteiger charge is -2.33. The van der Waals surface area contributed by atoms with Crippen molar-refractivity contribution in [1.29, 1.82) is 0 Å². The number of H-pyrrole nitrogens is 1. The number of para-hydroxylation sites is 1. The number of carbonyl (C=O) groups is 2. The van der Waals surface area contributed by atoms with Crippen molar-refractivity contribution in [2.24, 2.45) is 0 Å². The van der Waals surface area contributed by atoms with Crippen molar-refractivity contribution >= 4 is 44.4 Å². The second-order valence-corrected chi connectivity index (χ2v) is 10.2. The monoisotopic (exact) mass is 538 g/mol. The SMILES string of the molecule is O=C(Cn1c(=O)[nH]c(=O)c2ccccc21)OCC(=O)N1CCN(S(=O)(=O)c2ccc(F)c(Cl)c2)CC1. The Morgan fingerprint density at radius 3 is 2.44 bits per heavy atom. The fourth-order valence-electron chi connectivity index (χ4n) is 3.77. The molecule has 4 rings (SSSR count). The fourth-order valence-corrected chi connectivity index (χ4v) is 5.47. The van der Waals surface area contributed by atoms with Crippen LogP contribution in [0, 0.1) is 5.82 Å². The zero-order chi connectivity index (χ0) is 26.0. The minimum Gasteiger partial charge on any atom is -0.454 e. The molecule has 11 nitrogen and oxygen atoms in total. The minimum atomic E-state index is -3.93. The average molecular weight is 539 g/mol. The van der Waals surface area contributed by atoms with Crippen LogP contribution in [0.5, 0.6) is 0 Å². The summed E-state index contributed by atoms with van der Waals surface area (Å²) in [6, 6.07) is 9.35. The normalized spacial score (nSPS) is 14.7. The van der Waals surface area contributed by atoms with E-state index < -0.39 is 52.1 Å². The highest BCUT2D eigenvalue weighted by Gasteiger charge is 2.31. The first-order chi connectivity index (χ1) is 17.1. The van der Waals surface area contributed by atoms with Gasteiger partial charge in [-0.3, -0.25) is 23.9 Å². The number of halogens is 2. The number of aromatic nitrogens is 2. The molecule has 1 aromatic heterocycles. The van der Waals surface area contributed by atoms with Crippen LogP contribution in [-0.4, -0.2) is 71.8 Å². The Labute approximate surface area is 208 Å². The predicted molar refractivity (Wildman–Crippen MR) is 127 cm³/mol. The third-order valence-corrected chi connectivity index (χ3v) is 7.85. The molecule has 36 heavy (non-hydrogen) atoms. The number of rotatable bonds is 6. The van der Waals surface area contributed by atoms with Crippen molar-refractivity contribution < 1.29 is 27.1 Å². The zero-order valence-electron chi connectivity index (χ0n) is 18.6. The number of benzene rings is 2. The van der Waals surface area contributed by atoms with Gasteiger partial charge in [0.15, 0.2) is 6.61 Å². The number of esters is 1. The lowest BCUT2D eigenvalue weighted by Crippen LogP contribution is -2.51. The number of piperazine rings is 1. The highest BCUT2D eigenvalue weighted by atomic mass is 35.5. The third-order valence-electron chi connectivity index (χ3n) is 5.67. The van der Waals surface area contributed by atoms with E-state index in [0.717, 1.165) is 27.1 Å². The molecule has 1 aliphatic rings. The van der Waals surface area contributed by atoms with Gasteiger partial charge >= 0.3 is 11.7 Å². The molecule has 0 unspecified atom stereocenters. The van der Waals surface area contributed by atoms with Crippen molar-refractivity contribution in [3.05, 3.63) is 74.1 Å². The number of hydrogen-bond acceptors (Lipinski definition) is 7. The van der Waals surface area contributed by atoms with E-state index in [4.69, 9.17) is 16.3 Å². The van der Waals surface area contributed by atoms with Crippen molar-refractivity contribution in [2.45, 2.75) is 11.4 Å². The molecule has 1 amide bonds. The molecule has 1 fully saturated rings. The van der Waals surface area contributed by atoms with Crippen LogP contribution >= 0.6 is 11.6 Å². The van der Waals surface area contributed by atoms with Crippen LogP contribution in [0.15, 0.2) is 56.9 Å². The number of nitrogens with zero attached hydrogens (tertiary/aromatic N) is 3. The number of nitrogens with one attached hydrogen (secondary N) is 1. The molecule has 0 spiro atoms. The molecule has 1 saturated heterocycles. The highest BCUT2D eigenvalue weighted by Crippen LogP contribution is 2.23. The number of aromatic amines is 1. The van der Waals surface area contributed by atoms with Crippen LogP contribution < -0.4 is 11.2 Å². The van der Waals surface area contributed by atoms with Crippen molar-refractivity contribution in [3.8, 4) is 0 Å². The first-order valence-corrected chi connectivity index (χ1v) is 12.5. The number of ether oxygens (including phenoxy) is 1. The van der Waals surface area contributed by atoms with Gasteiger partial charge in [-0.05, 0) is 30.3 Å². The van der Waals surface area contributed by atoms with Gasteiger partial charge in [0, 0.05) is 26.2 Å². The Balaban J connectivity index is 1.33. The van der Waals surface area contributed by atoms with Crippen LogP contribution in [-0.2, 0) is 30.9 Å². The van der Waals surface area contributed by atoms with Gasteiger partial charge < -0.3 is 9.64 Å². The molecular weight excluding hydrogens is 519 g/mol. The summed E-state index contributed by atoms with van der Waals surface area (Å²) in [5, 5.41) is -0.0967. The summed E-state index contributed by atoms with van der Waals surface area (Å²) in [4.78, 5) is 52.2. The molecule has 1 N–H and O–H groups in total. The molecule has 2 heterocycles. The smallest absolute Gasteiger partial charge is 0.329 e. The molecule has 2 aromatic carbocycles. The van der Waals surface area contributed by atoms with E-state index in [1.807, 2.05) is 0 Å². The number of carbonyl (C=O) groups excluding carboxylic acids is 2. The quantitative estimate of drug-likeness (QED) is 0.452. The number of fused-ring (bicyclic) bond motifs is 1. The number of sulfonamides is 1. The molecule has 1 aliphatic heterocycles.